The molecule has 5 heteroatoms. The molecule has 2 bridgehead atoms. The third-order valence-electron chi connectivity index (χ3n) is 5.79. The Hall–Kier alpha value is -1.36. The zero-order valence-electron chi connectivity index (χ0n) is 14.5. The smallest absolute Gasteiger partial charge is 0.226 e. The van der Waals surface area contributed by atoms with Crippen LogP contribution < -0.4 is 0 Å². The van der Waals surface area contributed by atoms with Gasteiger partial charge in [0.1, 0.15) is 0 Å². The van der Waals surface area contributed by atoms with Crippen LogP contribution in [0.5, 0.6) is 0 Å². The lowest BCUT2D eigenvalue weighted by Gasteiger charge is -2.40. The Bertz CT molecular complexity index is 668. The minimum atomic E-state index is -3.31. The van der Waals surface area contributed by atoms with E-state index in [-0.39, 0.29) is 29.2 Å². The van der Waals surface area contributed by atoms with Crippen molar-refractivity contribution in [2.45, 2.75) is 74.6 Å². The minimum Gasteiger partial charge on any atom is -0.336 e. The fourth-order valence-electron chi connectivity index (χ4n) is 4.39. The van der Waals surface area contributed by atoms with E-state index in [1.807, 2.05) is 11.0 Å². The quantitative estimate of drug-likeness (QED) is 0.818. The molecule has 24 heavy (non-hydrogen) atoms. The molecule has 2 unspecified atom stereocenters. The lowest BCUT2D eigenvalue weighted by atomic mass is 9.96. The van der Waals surface area contributed by atoms with Gasteiger partial charge in [0.25, 0.3) is 0 Å². The van der Waals surface area contributed by atoms with Crippen molar-refractivity contribution in [1.29, 1.82) is 0 Å². The van der Waals surface area contributed by atoms with Crippen LogP contribution in [-0.2, 0) is 14.6 Å². The van der Waals surface area contributed by atoms with Crippen molar-refractivity contribution in [3.8, 4) is 0 Å². The molecule has 0 N–H and O–H groups in total. The van der Waals surface area contributed by atoms with Gasteiger partial charge in [0, 0.05) is 18.0 Å². The summed E-state index contributed by atoms with van der Waals surface area (Å²) in [6.45, 7) is 4.11. The molecule has 3 rings (SSSR count). The summed E-state index contributed by atoms with van der Waals surface area (Å²) in [5.41, 5.74) is 0. The van der Waals surface area contributed by atoms with Crippen LogP contribution in [0.4, 0.5) is 0 Å². The summed E-state index contributed by atoms with van der Waals surface area (Å²) in [6.07, 6.45) is 4.77. The van der Waals surface area contributed by atoms with Gasteiger partial charge in [-0.15, -0.1) is 0 Å². The van der Waals surface area contributed by atoms with Crippen molar-refractivity contribution in [2.75, 3.05) is 0 Å². The molecule has 132 valence electrons. The van der Waals surface area contributed by atoms with Crippen molar-refractivity contribution >= 4 is 15.7 Å². The standard InChI is InChI=1S/C19H27NO3S/c1-3-14(4-2)19(21)20-15-10-11-16(20)13-18(12-15)24(22,23)17-8-6-5-7-9-17/h5-9,14-16,18H,3-4,10-13H2,1-2H3. The Morgan fingerprint density at radius 3 is 2.12 bits per heavy atom. The highest BCUT2D eigenvalue weighted by Gasteiger charge is 2.47. The summed E-state index contributed by atoms with van der Waals surface area (Å²) in [6, 6.07) is 8.93. The second-order valence-electron chi connectivity index (χ2n) is 7.10. The van der Waals surface area contributed by atoms with Gasteiger partial charge in [-0.05, 0) is 50.7 Å². The Balaban J connectivity index is 1.79. The van der Waals surface area contributed by atoms with Crippen LogP contribution in [0.25, 0.3) is 0 Å². The molecule has 1 aromatic carbocycles. The first-order valence-corrected chi connectivity index (χ1v) is 10.6. The van der Waals surface area contributed by atoms with Crippen LogP contribution in [-0.4, -0.2) is 36.6 Å². The summed E-state index contributed by atoms with van der Waals surface area (Å²) in [4.78, 5) is 15.3. The number of nitrogens with zero attached hydrogens (tertiary/aromatic N) is 1. The summed E-state index contributed by atoms with van der Waals surface area (Å²) in [5.74, 6) is 0.318. The Morgan fingerprint density at radius 2 is 1.62 bits per heavy atom. The topological polar surface area (TPSA) is 54.5 Å². The summed E-state index contributed by atoms with van der Waals surface area (Å²) >= 11 is 0. The Labute approximate surface area is 145 Å². The van der Waals surface area contributed by atoms with Gasteiger partial charge in [-0.2, -0.15) is 0 Å². The third kappa shape index (κ3) is 2.99. The minimum absolute atomic E-state index is 0.0791. The van der Waals surface area contributed by atoms with Crippen LogP contribution in [0.2, 0.25) is 0 Å². The highest BCUT2D eigenvalue weighted by Crippen LogP contribution is 2.40. The summed E-state index contributed by atoms with van der Waals surface area (Å²) < 4.78 is 25.9. The van der Waals surface area contributed by atoms with E-state index in [9.17, 15) is 13.2 Å². The molecule has 2 aliphatic rings. The van der Waals surface area contributed by atoms with E-state index in [1.54, 1.807) is 24.3 Å². The molecule has 0 spiro atoms. The van der Waals surface area contributed by atoms with Crippen LogP contribution in [0, 0.1) is 5.92 Å². The van der Waals surface area contributed by atoms with E-state index in [0.29, 0.717) is 17.7 Å². The highest BCUT2D eigenvalue weighted by atomic mass is 32.2. The van der Waals surface area contributed by atoms with E-state index in [1.165, 1.54) is 0 Å². The molecular weight excluding hydrogens is 322 g/mol. The monoisotopic (exact) mass is 349 g/mol. The first-order valence-electron chi connectivity index (χ1n) is 9.10. The predicted molar refractivity (Wildman–Crippen MR) is 94.4 cm³/mol. The van der Waals surface area contributed by atoms with Gasteiger partial charge in [-0.25, -0.2) is 8.42 Å². The van der Waals surface area contributed by atoms with Gasteiger partial charge in [0.05, 0.1) is 10.1 Å². The van der Waals surface area contributed by atoms with Gasteiger partial charge in [0.2, 0.25) is 5.91 Å². The molecule has 2 fully saturated rings. The molecule has 4 nitrogen and oxygen atoms in total. The third-order valence-corrected chi connectivity index (χ3v) is 7.98. The van der Waals surface area contributed by atoms with Gasteiger partial charge >= 0.3 is 0 Å². The number of carbonyl (C=O) groups excluding carboxylic acids is 1. The zero-order valence-corrected chi connectivity index (χ0v) is 15.3. The fourth-order valence-corrected chi connectivity index (χ4v) is 6.26. The van der Waals surface area contributed by atoms with Crippen LogP contribution in [0.3, 0.4) is 0 Å². The van der Waals surface area contributed by atoms with Crippen molar-refractivity contribution in [2.24, 2.45) is 5.92 Å². The van der Waals surface area contributed by atoms with Crippen LogP contribution >= 0.6 is 0 Å². The van der Waals surface area contributed by atoms with Gasteiger partial charge in [0.15, 0.2) is 9.84 Å². The molecule has 0 saturated carbocycles. The van der Waals surface area contributed by atoms with Crippen LogP contribution in [0.15, 0.2) is 35.2 Å². The molecule has 2 heterocycles. The number of benzene rings is 1. The zero-order chi connectivity index (χ0) is 17.3. The molecule has 0 aromatic heterocycles. The number of hydrogen-bond acceptors (Lipinski definition) is 3. The van der Waals surface area contributed by atoms with E-state index < -0.39 is 9.84 Å². The lowest BCUT2D eigenvalue weighted by molar-refractivity contribution is -0.140. The molecule has 1 aromatic rings. The van der Waals surface area contributed by atoms with Gasteiger partial charge in [-0.1, -0.05) is 32.0 Å². The Kier molecular flexibility index (Phi) is 5.00. The first kappa shape index (κ1) is 17.5. The maximum absolute atomic E-state index is 12.9. The maximum atomic E-state index is 12.9. The van der Waals surface area contributed by atoms with E-state index in [4.69, 9.17) is 0 Å². The predicted octanol–water partition coefficient (Wildman–Crippen LogP) is 3.42. The number of rotatable bonds is 5. The number of fused-ring (bicyclic) bond motifs is 2. The largest absolute Gasteiger partial charge is 0.336 e. The molecule has 0 aliphatic carbocycles. The normalized spacial score (nSPS) is 26.8. The summed E-state index contributed by atoms with van der Waals surface area (Å²) in [5, 5.41) is -0.358. The SMILES string of the molecule is CCC(CC)C(=O)N1C2CCC1CC(S(=O)(=O)c1ccccc1)C2. The van der Waals surface area contributed by atoms with Crippen molar-refractivity contribution in [3.63, 3.8) is 0 Å². The maximum Gasteiger partial charge on any atom is 0.226 e. The summed E-state index contributed by atoms with van der Waals surface area (Å²) in [7, 11) is -3.31. The van der Waals surface area contributed by atoms with Crippen molar-refractivity contribution in [1.82, 2.24) is 4.90 Å². The number of sulfone groups is 1. The number of carbonyl (C=O) groups is 1. The molecule has 2 atom stereocenters. The van der Waals surface area contributed by atoms with Gasteiger partial charge in [-0.3, -0.25) is 4.79 Å². The molecule has 2 saturated heterocycles. The molecular formula is C19H27NO3S. The second-order valence-corrected chi connectivity index (χ2v) is 9.32. The molecule has 2 aliphatic heterocycles. The average Bonchev–Trinajstić information content (AvgIpc) is 2.86. The van der Waals surface area contributed by atoms with Crippen molar-refractivity contribution in [3.05, 3.63) is 30.3 Å². The van der Waals surface area contributed by atoms with E-state index in [0.717, 1.165) is 25.7 Å². The number of hydrogen-bond donors (Lipinski definition) is 0. The van der Waals surface area contributed by atoms with Crippen molar-refractivity contribution < 1.29 is 13.2 Å². The molecule has 0 radical (unpaired) electrons. The molecule has 1 amide bonds. The Morgan fingerprint density at radius 1 is 1.08 bits per heavy atom. The van der Waals surface area contributed by atoms with Gasteiger partial charge < -0.3 is 4.90 Å². The number of amides is 1. The average molecular weight is 349 g/mol. The first-order chi connectivity index (χ1) is 11.5. The van der Waals surface area contributed by atoms with E-state index in [2.05, 4.69) is 13.8 Å². The fraction of sp³-hybridized carbons (Fsp3) is 0.632. The highest BCUT2D eigenvalue weighted by molar-refractivity contribution is 7.92. The van der Waals surface area contributed by atoms with Crippen LogP contribution in [0.1, 0.15) is 52.4 Å². The lowest BCUT2D eigenvalue weighted by Crippen LogP contribution is -2.51. The second kappa shape index (κ2) is 6.87. The van der Waals surface area contributed by atoms with E-state index >= 15 is 0 Å². The number of piperidine rings is 1.